The summed E-state index contributed by atoms with van der Waals surface area (Å²) < 4.78 is 1.17. The van der Waals surface area contributed by atoms with Gasteiger partial charge in [-0.2, -0.15) is 5.10 Å². The van der Waals surface area contributed by atoms with Crippen LogP contribution in [0.3, 0.4) is 0 Å². The minimum absolute atomic E-state index is 0.201. The number of benzene rings is 1. The largest absolute Gasteiger partial charge is 0.330 e. The van der Waals surface area contributed by atoms with E-state index in [1.165, 1.54) is 23.9 Å². The Morgan fingerprint density at radius 1 is 1.21 bits per heavy atom. The molecule has 0 radical (unpaired) electrons. The molecule has 0 aliphatic rings. The molecule has 1 aromatic carbocycles. The van der Waals surface area contributed by atoms with Crippen LogP contribution in [0.25, 0.3) is 0 Å². The van der Waals surface area contributed by atoms with Gasteiger partial charge in [0.05, 0.1) is 6.04 Å². The quantitative estimate of drug-likeness (QED) is 0.834. The van der Waals surface area contributed by atoms with E-state index in [0.29, 0.717) is 11.6 Å². The maximum atomic E-state index is 13.0. The maximum absolute atomic E-state index is 13.0. The highest BCUT2D eigenvalue weighted by molar-refractivity contribution is 6.31. The molecule has 2 aromatic rings. The first-order valence-electron chi connectivity index (χ1n) is 7.91. The van der Waals surface area contributed by atoms with E-state index in [1.54, 1.807) is 4.90 Å². The first kappa shape index (κ1) is 18.2. The molecule has 0 saturated carbocycles. The molecule has 5 nitrogen and oxygen atoms in total. The summed E-state index contributed by atoms with van der Waals surface area (Å²) in [5.41, 5.74) is 0.885. The second kappa shape index (κ2) is 7.62. The lowest BCUT2D eigenvalue weighted by atomic mass is 10.0. The summed E-state index contributed by atoms with van der Waals surface area (Å²) in [5, 5.41) is 4.70. The van der Waals surface area contributed by atoms with E-state index in [-0.39, 0.29) is 29.1 Å². The Kier molecular flexibility index (Phi) is 5.78. The summed E-state index contributed by atoms with van der Waals surface area (Å²) in [6, 6.07) is 10.1. The molecule has 0 bridgehead atoms. The van der Waals surface area contributed by atoms with Gasteiger partial charge < -0.3 is 4.90 Å². The van der Waals surface area contributed by atoms with Gasteiger partial charge in [-0.25, -0.2) is 4.68 Å². The number of hydrogen-bond donors (Lipinski definition) is 0. The number of carbonyl (C=O) groups excluding carboxylic acids is 1. The normalized spacial score (nSPS) is 12.2. The topological polar surface area (TPSA) is 55.2 Å². The van der Waals surface area contributed by atoms with Gasteiger partial charge in [-0.15, -0.1) is 0 Å². The van der Waals surface area contributed by atoms with Crippen LogP contribution >= 0.6 is 11.6 Å². The Morgan fingerprint density at radius 3 is 2.46 bits per heavy atom. The molecule has 0 unspecified atom stereocenters. The number of nitrogens with zero attached hydrogens (tertiary/aromatic N) is 3. The molecule has 0 fully saturated rings. The average molecular weight is 348 g/mol. The summed E-state index contributed by atoms with van der Waals surface area (Å²) in [6.45, 7) is 6.61. The van der Waals surface area contributed by atoms with Crippen molar-refractivity contribution in [3.63, 3.8) is 0 Å². The zero-order valence-electron chi connectivity index (χ0n) is 14.4. The molecule has 24 heavy (non-hydrogen) atoms. The van der Waals surface area contributed by atoms with Gasteiger partial charge in [0.2, 0.25) is 0 Å². The standard InChI is InChI=1S/C18H22ClN3O2/c1-12(2)11-22(13(3)14-7-5-6-8-15(14)19)18(24)16-9-10-17(23)21(4)20-16/h5-10,12-13H,11H2,1-4H3/t13-/m0/s1. The van der Waals surface area contributed by atoms with Gasteiger partial charge >= 0.3 is 0 Å². The molecule has 1 heterocycles. The third kappa shape index (κ3) is 4.03. The number of aryl methyl sites for hydroxylation is 1. The van der Waals surface area contributed by atoms with E-state index in [2.05, 4.69) is 5.10 Å². The second-order valence-corrected chi connectivity index (χ2v) is 6.64. The maximum Gasteiger partial charge on any atom is 0.274 e. The van der Waals surface area contributed by atoms with E-state index in [1.807, 2.05) is 45.0 Å². The first-order chi connectivity index (χ1) is 11.3. The summed E-state index contributed by atoms with van der Waals surface area (Å²) in [6.07, 6.45) is 0. The molecule has 1 aromatic heterocycles. The van der Waals surface area contributed by atoms with Crippen LogP contribution in [0.5, 0.6) is 0 Å². The summed E-state index contributed by atoms with van der Waals surface area (Å²) in [4.78, 5) is 26.2. The second-order valence-electron chi connectivity index (χ2n) is 6.23. The van der Waals surface area contributed by atoms with Gasteiger partial charge in [-0.1, -0.05) is 43.6 Å². The van der Waals surface area contributed by atoms with Crippen molar-refractivity contribution in [2.24, 2.45) is 13.0 Å². The molecule has 1 atom stereocenters. The molecular formula is C18H22ClN3O2. The SMILES string of the molecule is CC(C)CN(C(=O)c1ccc(=O)n(C)n1)[C@@H](C)c1ccccc1Cl. The van der Waals surface area contributed by atoms with Crippen molar-refractivity contribution in [2.45, 2.75) is 26.8 Å². The van der Waals surface area contributed by atoms with E-state index >= 15 is 0 Å². The molecule has 0 aliphatic heterocycles. The molecular weight excluding hydrogens is 326 g/mol. The lowest BCUT2D eigenvalue weighted by Gasteiger charge is -2.31. The molecule has 1 amide bonds. The van der Waals surface area contributed by atoms with Crippen LogP contribution in [-0.2, 0) is 7.05 Å². The van der Waals surface area contributed by atoms with E-state index < -0.39 is 0 Å². The fraction of sp³-hybridized carbons (Fsp3) is 0.389. The molecule has 0 aliphatic carbocycles. The molecule has 0 saturated heterocycles. The van der Waals surface area contributed by atoms with Crippen LogP contribution < -0.4 is 5.56 Å². The van der Waals surface area contributed by atoms with E-state index in [0.717, 1.165) is 5.56 Å². The Balaban J connectivity index is 2.40. The van der Waals surface area contributed by atoms with Crippen LogP contribution in [0.4, 0.5) is 0 Å². The predicted octanol–water partition coefficient (Wildman–Crippen LogP) is 3.29. The van der Waals surface area contributed by atoms with Crippen LogP contribution in [0, 0.1) is 5.92 Å². The lowest BCUT2D eigenvalue weighted by Crippen LogP contribution is -2.38. The number of amides is 1. The zero-order chi connectivity index (χ0) is 17.9. The van der Waals surface area contributed by atoms with Gasteiger partial charge in [0.25, 0.3) is 11.5 Å². The minimum atomic E-state index is -0.249. The van der Waals surface area contributed by atoms with E-state index in [9.17, 15) is 9.59 Å². The third-order valence-electron chi connectivity index (χ3n) is 3.83. The Hall–Kier alpha value is -2.14. The highest BCUT2D eigenvalue weighted by atomic mass is 35.5. The molecule has 0 N–H and O–H groups in total. The average Bonchev–Trinajstić information content (AvgIpc) is 2.54. The Labute approximate surface area is 146 Å². The predicted molar refractivity (Wildman–Crippen MR) is 95.2 cm³/mol. The highest BCUT2D eigenvalue weighted by Gasteiger charge is 2.26. The smallest absolute Gasteiger partial charge is 0.274 e. The molecule has 2 rings (SSSR count). The van der Waals surface area contributed by atoms with Gasteiger partial charge in [0, 0.05) is 24.7 Å². The molecule has 0 spiro atoms. The van der Waals surface area contributed by atoms with Crippen LogP contribution in [0.15, 0.2) is 41.2 Å². The van der Waals surface area contributed by atoms with Gasteiger partial charge in [-0.3, -0.25) is 9.59 Å². The summed E-state index contributed by atoms with van der Waals surface area (Å²) in [5.74, 6) is 0.0677. The van der Waals surface area contributed by atoms with Crippen molar-refractivity contribution in [1.29, 1.82) is 0 Å². The minimum Gasteiger partial charge on any atom is -0.330 e. The van der Waals surface area contributed by atoms with Crippen molar-refractivity contribution in [3.05, 3.63) is 63.0 Å². The van der Waals surface area contributed by atoms with Crippen molar-refractivity contribution < 1.29 is 4.79 Å². The van der Waals surface area contributed by atoms with Gasteiger partial charge in [0.15, 0.2) is 0 Å². The first-order valence-corrected chi connectivity index (χ1v) is 8.28. The number of rotatable bonds is 5. The monoisotopic (exact) mass is 347 g/mol. The van der Waals surface area contributed by atoms with Crippen LogP contribution in [-0.4, -0.2) is 27.1 Å². The molecule has 6 heteroatoms. The van der Waals surface area contributed by atoms with Crippen molar-refractivity contribution in [3.8, 4) is 0 Å². The zero-order valence-corrected chi connectivity index (χ0v) is 15.1. The van der Waals surface area contributed by atoms with Crippen LogP contribution in [0.2, 0.25) is 5.02 Å². The fourth-order valence-corrected chi connectivity index (χ4v) is 2.85. The number of carbonyl (C=O) groups is 1. The lowest BCUT2D eigenvalue weighted by molar-refractivity contribution is 0.0656. The van der Waals surface area contributed by atoms with Gasteiger partial charge in [0.1, 0.15) is 5.69 Å². The van der Waals surface area contributed by atoms with Crippen molar-refractivity contribution in [1.82, 2.24) is 14.7 Å². The number of aromatic nitrogens is 2. The Morgan fingerprint density at radius 2 is 1.88 bits per heavy atom. The van der Waals surface area contributed by atoms with Gasteiger partial charge in [-0.05, 0) is 30.5 Å². The van der Waals surface area contributed by atoms with Crippen molar-refractivity contribution >= 4 is 17.5 Å². The Bertz CT molecular complexity index is 786. The number of hydrogen-bond acceptors (Lipinski definition) is 3. The number of halogens is 1. The third-order valence-corrected chi connectivity index (χ3v) is 4.17. The molecule has 128 valence electrons. The van der Waals surface area contributed by atoms with Crippen molar-refractivity contribution in [2.75, 3.05) is 6.54 Å². The van der Waals surface area contributed by atoms with Crippen LogP contribution in [0.1, 0.15) is 42.9 Å². The highest BCUT2D eigenvalue weighted by Crippen LogP contribution is 2.28. The summed E-state index contributed by atoms with van der Waals surface area (Å²) in [7, 11) is 1.53. The fourth-order valence-electron chi connectivity index (χ4n) is 2.56. The summed E-state index contributed by atoms with van der Waals surface area (Å²) >= 11 is 6.30. The van der Waals surface area contributed by atoms with E-state index in [4.69, 9.17) is 11.6 Å².